The van der Waals surface area contributed by atoms with Gasteiger partial charge in [0, 0.05) is 25.8 Å². The van der Waals surface area contributed by atoms with Crippen LogP contribution in [0.2, 0.25) is 0 Å². The molecule has 0 heterocycles. The van der Waals surface area contributed by atoms with Crippen LogP contribution in [0.25, 0.3) is 0 Å². The van der Waals surface area contributed by atoms with Crippen LogP contribution in [0.4, 0.5) is 39.5 Å². The molecule has 1 aromatic rings. The molecular formula is C20H34F9HfO3Si-. The molecule has 0 amide bonds. The summed E-state index contributed by atoms with van der Waals surface area (Å²) in [5, 5.41) is 23.8. The fourth-order valence-electron chi connectivity index (χ4n) is 1.60. The average molecular weight is 700 g/mol. The number of alkyl halides is 9. The van der Waals surface area contributed by atoms with Crippen molar-refractivity contribution < 1.29 is 80.7 Å². The van der Waals surface area contributed by atoms with Gasteiger partial charge in [-0.2, -0.15) is 51.6 Å². The predicted molar refractivity (Wildman–Crippen MR) is 112 cm³/mol. The van der Waals surface area contributed by atoms with Crippen LogP contribution in [-0.4, -0.2) is 57.6 Å². The largest absolute Gasteiger partial charge is 0.399 e. The van der Waals surface area contributed by atoms with E-state index in [0.717, 1.165) is 0 Å². The van der Waals surface area contributed by atoms with Gasteiger partial charge < -0.3 is 15.3 Å². The maximum Gasteiger partial charge on any atom is 0.399 e. The number of halogens is 9. The van der Waals surface area contributed by atoms with E-state index < -0.39 is 47.5 Å². The first-order valence-electron chi connectivity index (χ1n) is 9.45. The third-order valence-electron chi connectivity index (χ3n) is 2.37. The Bertz CT molecular complexity index is 567. The van der Waals surface area contributed by atoms with E-state index >= 15 is 0 Å². The van der Waals surface area contributed by atoms with Gasteiger partial charge in [-0.3, -0.25) is 0 Å². The first-order chi connectivity index (χ1) is 13.9. The average Bonchev–Trinajstić information content (AvgIpc) is 2.80. The molecule has 0 radical (unpaired) electrons. The number of aliphatic hydroxyl groups is 3. The van der Waals surface area contributed by atoms with Crippen molar-refractivity contribution in [2.24, 2.45) is 0 Å². The van der Waals surface area contributed by atoms with Gasteiger partial charge in [-0.1, -0.05) is 0 Å². The van der Waals surface area contributed by atoms with Gasteiger partial charge in [-0.15, -0.1) is 5.19 Å². The second-order valence-electron chi connectivity index (χ2n) is 9.93. The molecule has 0 saturated heterocycles. The molecule has 3 nitrogen and oxygen atoms in total. The van der Waals surface area contributed by atoms with Crippen LogP contribution in [0.3, 0.4) is 0 Å². The Morgan fingerprint density at radius 3 is 0.765 bits per heavy atom. The van der Waals surface area contributed by atoms with Crippen LogP contribution in [0.1, 0.15) is 62.3 Å². The number of hydrogen-bond acceptors (Lipinski definition) is 3. The van der Waals surface area contributed by atoms with Crippen molar-refractivity contribution in [1.82, 2.24) is 0 Å². The summed E-state index contributed by atoms with van der Waals surface area (Å²) in [6.07, 6.45) is 0. The van der Waals surface area contributed by atoms with Crippen LogP contribution in [-0.2, 0) is 25.8 Å². The van der Waals surface area contributed by atoms with Gasteiger partial charge in [0.2, 0.25) is 0 Å². The smallest absolute Gasteiger partial charge is 0.391 e. The van der Waals surface area contributed by atoms with Crippen molar-refractivity contribution in [3.05, 3.63) is 24.3 Å². The first-order valence-corrected chi connectivity index (χ1v) is 11.4. The van der Waals surface area contributed by atoms with Gasteiger partial charge in [0.15, 0.2) is 0 Å². The molecule has 0 aromatic heterocycles. The number of rotatable bonds is 1. The fraction of sp³-hybridized carbons (Fsp3) is 0.750. The SMILES string of the molecule is CC(C)(C)O.CC(C)(C)O.CC(C)(C)O.FC(F)(F)[Si]([c-]1cccc1)(C(F)(F)F)C(F)(F)F.[Hf]. The Balaban J connectivity index is -0.000000231. The Morgan fingerprint density at radius 2 is 0.647 bits per heavy atom. The molecule has 204 valence electrons. The first kappa shape index (κ1) is 40.8. The van der Waals surface area contributed by atoms with E-state index in [-0.39, 0.29) is 38.0 Å². The summed E-state index contributed by atoms with van der Waals surface area (Å²) in [6, 6.07) is 1.84. The molecule has 1 aromatic carbocycles. The molecule has 1 rings (SSSR count). The Labute approximate surface area is 214 Å². The molecule has 0 fully saturated rings. The molecule has 0 aliphatic carbocycles. The van der Waals surface area contributed by atoms with Crippen molar-refractivity contribution >= 4 is 13.3 Å². The van der Waals surface area contributed by atoms with E-state index in [1.165, 1.54) is 0 Å². The van der Waals surface area contributed by atoms with Crippen molar-refractivity contribution in [3.63, 3.8) is 0 Å². The Kier molecular flexibility index (Phi) is 16.6. The fourth-order valence-corrected chi connectivity index (χ4v) is 4.24. The molecule has 0 atom stereocenters. The van der Waals surface area contributed by atoms with Gasteiger partial charge in [-0.25, -0.2) is 12.1 Å². The summed E-state index contributed by atoms with van der Waals surface area (Å²) in [5.74, 6) is -19.2. The molecular weight excluding hydrogens is 666 g/mol. The third-order valence-corrected chi connectivity index (χ3v) is 6.12. The normalized spacial score (nSPS) is 13.2. The zero-order chi connectivity index (χ0) is 27.9. The minimum absolute atomic E-state index is 0. The molecule has 34 heavy (non-hydrogen) atoms. The minimum atomic E-state index is -7.72. The third kappa shape index (κ3) is 18.9. The van der Waals surface area contributed by atoms with Gasteiger partial charge in [0.1, 0.15) is 0 Å². The van der Waals surface area contributed by atoms with Gasteiger partial charge in [0.05, 0.1) is 16.8 Å². The topological polar surface area (TPSA) is 60.7 Å². The summed E-state index contributed by atoms with van der Waals surface area (Å²) in [5.41, 5.74) is -1.50. The van der Waals surface area contributed by atoms with E-state index in [0.29, 0.717) is 12.1 Å². The van der Waals surface area contributed by atoms with Crippen molar-refractivity contribution in [2.45, 2.75) is 96.5 Å². The molecule has 0 spiro atoms. The maximum atomic E-state index is 12.6. The van der Waals surface area contributed by atoms with Crippen molar-refractivity contribution in [2.75, 3.05) is 0 Å². The maximum absolute atomic E-state index is 12.6. The molecule has 0 aliphatic heterocycles. The standard InChI is InChI=1S/C8H4F9Si.3C4H10O.Hf/c9-6(10,11)18(7(12,13)14,8(15,16)17)5-3-1-2-4-5;3*1-4(2,3)5;/h1-4H;3*5H,1-3H3;/q-1;;;;. The van der Waals surface area contributed by atoms with Gasteiger partial charge >= 0.3 is 25.5 Å². The number of hydrogen-bond donors (Lipinski definition) is 3. The van der Waals surface area contributed by atoms with Crippen LogP contribution in [0.15, 0.2) is 24.3 Å². The van der Waals surface area contributed by atoms with Crippen molar-refractivity contribution in [3.8, 4) is 0 Å². The van der Waals surface area contributed by atoms with E-state index in [2.05, 4.69) is 0 Å². The molecule has 0 unspecified atom stereocenters. The van der Waals surface area contributed by atoms with Gasteiger partial charge in [0.25, 0.3) is 0 Å². The zero-order valence-corrected chi connectivity index (χ0v) is 25.1. The second kappa shape index (κ2) is 13.8. The molecule has 0 bridgehead atoms. The monoisotopic (exact) mass is 701 g/mol. The molecule has 14 heteroatoms. The summed E-state index contributed by atoms with van der Waals surface area (Å²) >= 11 is 0. The van der Waals surface area contributed by atoms with E-state index in [4.69, 9.17) is 15.3 Å². The van der Waals surface area contributed by atoms with Crippen molar-refractivity contribution in [1.29, 1.82) is 0 Å². The van der Waals surface area contributed by atoms with Crippen LogP contribution in [0.5, 0.6) is 0 Å². The second-order valence-corrected chi connectivity index (χ2v) is 13.7. The molecule has 0 aliphatic rings. The van der Waals surface area contributed by atoms with Gasteiger partial charge in [-0.05, 0) is 62.3 Å². The predicted octanol–water partition coefficient (Wildman–Crippen LogP) is 5.69. The van der Waals surface area contributed by atoms with E-state index in [1.54, 1.807) is 62.3 Å². The van der Waals surface area contributed by atoms with Crippen LogP contribution < -0.4 is 5.19 Å². The minimum Gasteiger partial charge on any atom is -0.391 e. The summed E-state index contributed by atoms with van der Waals surface area (Å²) in [6.45, 7) is 15.7. The Hall–Kier alpha value is -0.313. The quantitative estimate of drug-likeness (QED) is 0.201. The van der Waals surface area contributed by atoms with E-state index in [9.17, 15) is 39.5 Å². The Morgan fingerprint density at radius 1 is 0.500 bits per heavy atom. The van der Waals surface area contributed by atoms with Crippen LogP contribution >= 0.6 is 0 Å². The summed E-state index contributed by atoms with van der Waals surface area (Å²) in [4.78, 5) is 0. The van der Waals surface area contributed by atoms with Crippen LogP contribution in [0, 0.1) is 0 Å². The summed E-state index contributed by atoms with van der Waals surface area (Å²) < 4.78 is 113. The van der Waals surface area contributed by atoms with E-state index in [1.807, 2.05) is 0 Å². The summed E-state index contributed by atoms with van der Waals surface area (Å²) in [7, 11) is -7.72. The molecule has 0 saturated carbocycles. The zero-order valence-electron chi connectivity index (χ0n) is 20.6. The molecule has 3 N–H and O–H groups in total.